The molecule has 2 rings (SSSR count). The molecular formula is C17H32N2O2. The maximum absolute atomic E-state index is 12.0. The van der Waals surface area contributed by atoms with E-state index in [0.29, 0.717) is 17.5 Å². The van der Waals surface area contributed by atoms with Gasteiger partial charge in [-0.15, -0.1) is 0 Å². The van der Waals surface area contributed by atoms with E-state index < -0.39 is 5.60 Å². The normalized spacial score (nSPS) is 28.4. The van der Waals surface area contributed by atoms with Crippen LogP contribution in [0.4, 0.5) is 4.79 Å². The number of rotatable bonds is 5. The molecule has 122 valence electrons. The molecule has 1 spiro atoms. The summed E-state index contributed by atoms with van der Waals surface area (Å²) in [4.78, 5) is 12.0. The second kappa shape index (κ2) is 6.15. The minimum absolute atomic E-state index is 0.265. The maximum Gasteiger partial charge on any atom is 0.407 e. The third-order valence-electron chi connectivity index (χ3n) is 5.04. The predicted molar refractivity (Wildman–Crippen MR) is 85.4 cm³/mol. The average Bonchev–Trinajstić information content (AvgIpc) is 2.22. The van der Waals surface area contributed by atoms with E-state index in [2.05, 4.69) is 24.5 Å². The fourth-order valence-electron chi connectivity index (χ4n) is 3.82. The molecule has 4 heteroatoms. The lowest BCUT2D eigenvalue weighted by molar-refractivity contribution is -0.0649. The molecule has 0 aromatic heterocycles. The molecule has 2 fully saturated rings. The first-order chi connectivity index (χ1) is 9.77. The quantitative estimate of drug-likeness (QED) is 0.815. The van der Waals surface area contributed by atoms with Gasteiger partial charge in [-0.3, -0.25) is 0 Å². The molecule has 0 bridgehead atoms. The van der Waals surface area contributed by atoms with Crippen molar-refractivity contribution in [1.82, 2.24) is 10.6 Å². The zero-order chi connectivity index (χ0) is 15.7. The van der Waals surface area contributed by atoms with E-state index in [-0.39, 0.29) is 12.1 Å². The average molecular weight is 296 g/mol. The first kappa shape index (κ1) is 16.6. The number of hydrogen-bond acceptors (Lipinski definition) is 3. The molecule has 0 aliphatic heterocycles. The molecule has 2 aliphatic rings. The minimum atomic E-state index is -0.423. The van der Waals surface area contributed by atoms with Crippen LogP contribution in [0.1, 0.15) is 73.1 Å². The summed E-state index contributed by atoms with van der Waals surface area (Å²) in [5.41, 5.74) is -0.132. The van der Waals surface area contributed by atoms with E-state index in [1.807, 2.05) is 20.8 Å². The molecule has 1 amide bonds. The van der Waals surface area contributed by atoms with Crippen LogP contribution in [0.5, 0.6) is 0 Å². The number of nitrogens with one attached hydrogen (secondary N) is 2. The highest BCUT2D eigenvalue weighted by Gasteiger charge is 2.58. The van der Waals surface area contributed by atoms with Crippen LogP contribution in [-0.2, 0) is 4.74 Å². The predicted octanol–water partition coefficient (Wildman–Crippen LogP) is 3.60. The van der Waals surface area contributed by atoms with E-state index in [1.54, 1.807) is 0 Å². The Kier molecular flexibility index (Phi) is 4.86. The number of carbonyl (C=O) groups excluding carboxylic acids is 1. The van der Waals surface area contributed by atoms with E-state index in [4.69, 9.17) is 4.74 Å². The zero-order valence-electron chi connectivity index (χ0n) is 14.3. The Bertz CT molecular complexity index is 371. The van der Waals surface area contributed by atoms with Gasteiger partial charge in [0.1, 0.15) is 5.60 Å². The van der Waals surface area contributed by atoms with Crippen LogP contribution in [0.25, 0.3) is 0 Å². The van der Waals surface area contributed by atoms with Gasteiger partial charge in [0.05, 0.1) is 0 Å². The van der Waals surface area contributed by atoms with Crippen molar-refractivity contribution in [2.45, 2.75) is 96.9 Å². The summed E-state index contributed by atoms with van der Waals surface area (Å²) in [6.07, 6.45) is 6.94. The fraction of sp³-hybridized carbons (Fsp3) is 0.941. The third kappa shape index (κ3) is 3.71. The standard InChI is InChI=1S/C17H32N2O2/c1-6-8-12(2)18-13-11-14(17(13)9-7-10-17)19-15(20)21-16(3,4)5/h12-14,18H,6-11H2,1-5H3,(H,19,20). The molecule has 2 aliphatic carbocycles. The molecule has 21 heavy (non-hydrogen) atoms. The molecule has 3 unspecified atom stereocenters. The molecule has 2 saturated carbocycles. The topological polar surface area (TPSA) is 50.4 Å². The zero-order valence-corrected chi connectivity index (χ0v) is 14.3. The first-order valence-electron chi connectivity index (χ1n) is 8.52. The number of alkyl carbamates (subject to hydrolysis) is 1. The van der Waals surface area contributed by atoms with Gasteiger partial charge in [-0.05, 0) is 53.4 Å². The smallest absolute Gasteiger partial charge is 0.407 e. The fourth-order valence-corrected chi connectivity index (χ4v) is 3.82. The Hall–Kier alpha value is -0.770. The van der Waals surface area contributed by atoms with Crippen LogP contribution in [0.15, 0.2) is 0 Å². The lowest BCUT2D eigenvalue weighted by Crippen LogP contribution is -2.71. The van der Waals surface area contributed by atoms with Crippen molar-refractivity contribution in [2.24, 2.45) is 5.41 Å². The SMILES string of the molecule is CCCC(C)NC1CC(NC(=O)OC(C)(C)C)C12CCC2. The molecule has 4 nitrogen and oxygen atoms in total. The van der Waals surface area contributed by atoms with Gasteiger partial charge in [0.2, 0.25) is 0 Å². The molecule has 0 saturated heterocycles. The van der Waals surface area contributed by atoms with Crippen molar-refractivity contribution in [3.63, 3.8) is 0 Å². The van der Waals surface area contributed by atoms with Gasteiger partial charge in [-0.1, -0.05) is 19.8 Å². The number of carbonyl (C=O) groups is 1. The first-order valence-corrected chi connectivity index (χ1v) is 8.52. The molecule has 3 atom stereocenters. The highest BCUT2D eigenvalue weighted by molar-refractivity contribution is 5.68. The Morgan fingerprint density at radius 2 is 2.00 bits per heavy atom. The minimum Gasteiger partial charge on any atom is -0.444 e. The lowest BCUT2D eigenvalue weighted by Gasteiger charge is -2.62. The Balaban J connectivity index is 1.85. The summed E-state index contributed by atoms with van der Waals surface area (Å²) in [6.45, 7) is 10.2. The van der Waals surface area contributed by atoms with E-state index in [0.717, 1.165) is 6.42 Å². The van der Waals surface area contributed by atoms with E-state index in [1.165, 1.54) is 32.1 Å². The summed E-state index contributed by atoms with van der Waals surface area (Å²) in [7, 11) is 0. The summed E-state index contributed by atoms with van der Waals surface area (Å²) in [5, 5.41) is 6.87. The Morgan fingerprint density at radius 3 is 2.48 bits per heavy atom. The van der Waals surface area contributed by atoms with Crippen LogP contribution in [0, 0.1) is 5.41 Å². The summed E-state index contributed by atoms with van der Waals surface area (Å²) < 4.78 is 5.39. The molecule has 0 aromatic rings. The van der Waals surface area contributed by atoms with Crippen LogP contribution >= 0.6 is 0 Å². The summed E-state index contributed by atoms with van der Waals surface area (Å²) >= 11 is 0. The van der Waals surface area contributed by atoms with Crippen LogP contribution in [0.3, 0.4) is 0 Å². The van der Waals surface area contributed by atoms with Crippen molar-refractivity contribution >= 4 is 6.09 Å². The number of ether oxygens (including phenoxy) is 1. The van der Waals surface area contributed by atoms with Crippen LogP contribution in [0.2, 0.25) is 0 Å². The highest BCUT2D eigenvalue weighted by atomic mass is 16.6. The molecule has 0 radical (unpaired) electrons. The van der Waals surface area contributed by atoms with Gasteiger partial charge in [0.25, 0.3) is 0 Å². The van der Waals surface area contributed by atoms with Crippen molar-refractivity contribution in [1.29, 1.82) is 0 Å². The van der Waals surface area contributed by atoms with Crippen LogP contribution in [-0.4, -0.2) is 29.8 Å². The Morgan fingerprint density at radius 1 is 1.33 bits per heavy atom. The Labute approximate surface area is 129 Å². The van der Waals surface area contributed by atoms with E-state index >= 15 is 0 Å². The molecular weight excluding hydrogens is 264 g/mol. The molecule has 2 N–H and O–H groups in total. The van der Waals surface area contributed by atoms with Gasteiger partial charge in [0.15, 0.2) is 0 Å². The van der Waals surface area contributed by atoms with Crippen molar-refractivity contribution < 1.29 is 9.53 Å². The summed E-state index contributed by atoms with van der Waals surface area (Å²) in [5.74, 6) is 0. The van der Waals surface area contributed by atoms with Crippen molar-refractivity contribution in [3.05, 3.63) is 0 Å². The number of amides is 1. The summed E-state index contributed by atoms with van der Waals surface area (Å²) in [6, 6.07) is 1.42. The van der Waals surface area contributed by atoms with Crippen LogP contribution < -0.4 is 10.6 Å². The second-order valence-electron chi connectivity index (χ2n) is 7.93. The van der Waals surface area contributed by atoms with Crippen molar-refractivity contribution in [3.8, 4) is 0 Å². The lowest BCUT2D eigenvalue weighted by atomic mass is 9.49. The van der Waals surface area contributed by atoms with Crippen molar-refractivity contribution in [2.75, 3.05) is 0 Å². The highest BCUT2D eigenvalue weighted by Crippen LogP contribution is 2.56. The monoisotopic (exact) mass is 296 g/mol. The van der Waals surface area contributed by atoms with Gasteiger partial charge >= 0.3 is 6.09 Å². The van der Waals surface area contributed by atoms with Gasteiger partial charge < -0.3 is 15.4 Å². The largest absolute Gasteiger partial charge is 0.444 e. The second-order valence-corrected chi connectivity index (χ2v) is 7.93. The van der Waals surface area contributed by atoms with Gasteiger partial charge in [-0.25, -0.2) is 4.79 Å². The maximum atomic E-state index is 12.0. The third-order valence-corrected chi connectivity index (χ3v) is 5.04. The van der Waals surface area contributed by atoms with Gasteiger partial charge in [0, 0.05) is 23.5 Å². The molecule has 0 aromatic carbocycles. The molecule has 0 heterocycles. The number of hydrogen-bond donors (Lipinski definition) is 2. The van der Waals surface area contributed by atoms with E-state index in [9.17, 15) is 4.79 Å². The van der Waals surface area contributed by atoms with Gasteiger partial charge in [-0.2, -0.15) is 0 Å².